The number of fused-ring (bicyclic) bond motifs is 4. The van der Waals surface area contributed by atoms with Gasteiger partial charge in [0.25, 0.3) is 0 Å². The molecule has 7 heterocycles. The van der Waals surface area contributed by atoms with Crippen LogP contribution in [0.5, 0.6) is 11.8 Å². The predicted octanol–water partition coefficient (Wildman–Crippen LogP) is 4.75. The number of hydrogen-bond donors (Lipinski definition) is 2. The number of aromatic nitrogens is 3. The number of ether oxygens (including phenoxy) is 2. The van der Waals surface area contributed by atoms with Crippen molar-refractivity contribution in [3.05, 3.63) is 41.5 Å². The van der Waals surface area contributed by atoms with Crippen molar-refractivity contribution in [3.8, 4) is 35.5 Å². The zero-order chi connectivity index (χ0) is 31.7. The second kappa shape index (κ2) is 10.9. The minimum absolute atomic E-state index is 0.0352. The number of anilines is 2. The van der Waals surface area contributed by atoms with E-state index in [4.69, 9.17) is 21.6 Å². The van der Waals surface area contributed by atoms with Crippen LogP contribution in [0.4, 0.5) is 24.7 Å². The first-order valence-electron chi connectivity index (χ1n) is 15.7. The number of nitrogens with zero attached hydrogens (tertiary/aromatic N) is 5. The van der Waals surface area contributed by atoms with Crippen molar-refractivity contribution in [2.24, 2.45) is 0 Å². The zero-order valence-corrected chi connectivity index (χ0v) is 25.1. The summed E-state index contributed by atoms with van der Waals surface area (Å²) in [4.78, 5) is 17.9. The molecule has 1 aromatic carbocycles. The lowest BCUT2D eigenvalue weighted by atomic mass is 9.94. The maximum atomic E-state index is 17.0. The molecule has 0 aliphatic carbocycles. The van der Waals surface area contributed by atoms with E-state index in [1.165, 1.54) is 18.2 Å². The number of pyridine rings is 3. The van der Waals surface area contributed by atoms with Crippen molar-refractivity contribution in [3.63, 3.8) is 0 Å². The summed E-state index contributed by atoms with van der Waals surface area (Å²) in [5.41, 5.74) is 5.83. The number of nitrogen functional groups attached to an aromatic ring is 1. The number of benzene rings is 1. The van der Waals surface area contributed by atoms with E-state index in [-0.39, 0.29) is 77.3 Å². The Balaban J connectivity index is 1.35. The Kier molecular flexibility index (Phi) is 6.88. The van der Waals surface area contributed by atoms with Crippen LogP contribution in [-0.4, -0.2) is 81.7 Å². The summed E-state index contributed by atoms with van der Waals surface area (Å²) in [6.07, 6.45) is 9.33. The molecule has 0 spiro atoms. The molecule has 3 fully saturated rings. The standard InChI is InChI=1S/C34H33F3N6O3/c1-2-22-23(36)8-7-18-11-25(38)39-31(27(18)22)32-29(37)30-28-24(43-20(15-44)5-3-6-21(43)16-45-33(28)41-32)12-26(40-30)46-17-34-9-4-10-42(34)14-19(35)13-34/h1,7-8,11-12,19-21,44H,3-6,9-10,13-17H2,(H2,38,39)/t19-,20-,21+,34+/m1/s1. The van der Waals surface area contributed by atoms with Crippen molar-refractivity contribution in [2.45, 2.75) is 62.3 Å². The van der Waals surface area contributed by atoms with Gasteiger partial charge in [-0.3, -0.25) is 4.90 Å². The highest BCUT2D eigenvalue weighted by molar-refractivity contribution is 6.03. The number of rotatable bonds is 5. The van der Waals surface area contributed by atoms with Crippen LogP contribution in [0.3, 0.4) is 0 Å². The second-order valence-corrected chi connectivity index (χ2v) is 12.8. The molecule has 0 saturated carbocycles. The summed E-state index contributed by atoms with van der Waals surface area (Å²) in [7, 11) is 0. The van der Waals surface area contributed by atoms with Gasteiger partial charge in [-0.05, 0) is 56.2 Å². The van der Waals surface area contributed by atoms with Crippen molar-refractivity contribution in [1.29, 1.82) is 0 Å². The van der Waals surface area contributed by atoms with E-state index >= 15 is 4.39 Å². The van der Waals surface area contributed by atoms with Gasteiger partial charge in [-0.2, -0.15) is 0 Å². The molecule has 0 unspecified atom stereocenters. The Bertz CT molecular complexity index is 1930. The zero-order valence-electron chi connectivity index (χ0n) is 25.1. The fourth-order valence-corrected chi connectivity index (χ4v) is 8.13. The summed E-state index contributed by atoms with van der Waals surface area (Å²) < 4.78 is 59.1. The molecule has 46 heavy (non-hydrogen) atoms. The van der Waals surface area contributed by atoms with E-state index in [0.29, 0.717) is 29.4 Å². The molecule has 4 aromatic rings. The van der Waals surface area contributed by atoms with Crippen LogP contribution < -0.4 is 20.1 Å². The second-order valence-electron chi connectivity index (χ2n) is 12.8. The number of halogens is 3. The fraction of sp³-hybridized carbons (Fsp3) is 0.441. The number of terminal acetylenes is 1. The van der Waals surface area contributed by atoms with E-state index in [1.54, 1.807) is 6.07 Å². The molecule has 8 rings (SSSR count). The van der Waals surface area contributed by atoms with Gasteiger partial charge in [0.15, 0.2) is 5.82 Å². The van der Waals surface area contributed by atoms with Gasteiger partial charge in [0.05, 0.1) is 40.9 Å². The monoisotopic (exact) mass is 630 g/mol. The molecule has 0 radical (unpaired) electrons. The maximum Gasteiger partial charge on any atom is 0.226 e. The Morgan fingerprint density at radius 3 is 2.83 bits per heavy atom. The number of piperidine rings is 1. The molecular weight excluding hydrogens is 597 g/mol. The third-order valence-corrected chi connectivity index (χ3v) is 10.2. The van der Waals surface area contributed by atoms with Gasteiger partial charge in [-0.1, -0.05) is 12.0 Å². The third-order valence-electron chi connectivity index (χ3n) is 10.2. The molecule has 0 bridgehead atoms. The molecule has 3 N–H and O–H groups in total. The lowest BCUT2D eigenvalue weighted by Crippen LogP contribution is -2.50. The van der Waals surface area contributed by atoms with Crippen molar-refractivity contribution < 1.29 is 27.8 Å². The molecule has 4 atom stereocenters. The Labute approximate surface area is 263 Å². The van der Waals surface area contributed by atoms with Crippen LogP contribution in [-0.2, 0) is 0 Å². The summed E-state index contributed by atoms with van der Waals surface area (Å²) in [5.74, 6) is 1.23. The summed E-state index contributed by atoms with van der Waals surface area (Å²) in [5, 5.41) is 11.4. The van der Waals surface area contributed by atoms with Crippen LogP contribution >= 0.6 is 0 Å². The molecule has 3 aromatic heterocycles. The molecule has 9 nitrogen and oxygen atoms in total. The average Bonchev–Trinajstić information content (AvgIpc) is 3.52. The van der Waals surface area contributed by atoms with Gasteiger partial charge in [-0.25, -0.2) is 28.1 Å². The topological polar surface area (TPSA) is 110 Å². The number of aliphatic hydroxyl groups is 1. The number of hydrogen-bond acceptors (Lipinski definition) is 9. The van der Waals surface area contributed by atoms with Gasteiger partial charge in [0, 0.05) is 24.4 Å². The lowest BCUT2D eigenvalue weighted by molar-refractivity contribution is 0.111. The molecule has 12 heteroatoms. The van der Waals surface area contributed by atoms with E-state index in [1.807, 2.05) is 0 Å². The predicted molar refractivity (Wildman–Crippen MR) is 168 cm³/mol. The highest BCUT2D eigenvalue weighted by Gasteiger charge is 2.49. The fourth-order valence-electron chi connectivity index (χ4n) is 8.13. The van der Waals surface area contributed by atoms with Crippen molar-refractivity contribution in [1.82, 2.24) is 19.9 Å². The van der Waals surface area contributed by atoms with Crippen LogP contribution in [0.1, 0.15) is 44.1 Å². The van der Waals surface area contributed by atoms with E-state index in [2.05, 4.69) is 30.7 Å². The molecule has 4 aliphatic rings. The quantitative estimate of drug-likeness (QED) is 0.302. The minimum Gasteiger partial charge on any atom is -0.476 e. The summed E-state index contributed by atoms with van der Waals surface area (Å²) in [6.45, 7) is 1.52. The van der Waals surface area contributed by atoms with Gasteiger partial charge < -0.3 is 25.2 Å². The Morgan fingerprint density at radius 1 is 1.13 bits per heavy atom. The van der Waals surface area contributed by atoms with Crippen LogP contribution in [0.25, 0.3) is 33.1 Å². The first-order chi connectivity index (χ1) is 22.3. The first-order valence-corrected chi connectivity index (χ1v) is 15.7. The number of alkyl halides is 1. The number of nitrogens with two attached hydrogens (primary N) is 1. The third kappa shape index (κ3) is 4.43. The van der Waals surface area contributed by atoms with Gasteiger partial charge in [-0.15, -0.1) is 6.42 Å². The van der Waals surface area contributed by atoms with Crippen LogP contribution in [0, 0.1) is 24.0 Å². The lowest BCUT2D eigenvalue weighted by Gasteiger charge is -2.42. The minimum atomic E-state index is -0.929. The number of aliphatic hydroxyl groups excluding tert-OH is 1. The van der Waals surface area contributed by atoms with E-state index in [0.717, 1.165) is 38.6 Å². The highest BCUT2D eigenvalue weighted by Crippen LogP contribution is 2.46. The van der Waals surface area contributed by atoms with E-state index in [9.17, 15) is 13.9 Å². The van der Waals surface area contributed by atoms with Gasteiger partial charge >= 0.3 is 0 Å². The van der Waals surface area contributed by atoms with Crippen molar-refractivity contribution in [2.75, 3.05) is 43.5 Å². The van der Waals surface area contributed by atoms with Gasteiger partial charge in [0.2, 0.25) is 11.8 Å². The molecule has 4 aliphatic heterocycles. The average molecular weight is 631 g/mol. The smallest absolute Gasteiger partial charge is 0.226 e. The Morgan fingerprint density at radius 2 is 2.00 bits per heavy atom. The van der Waals surface area contributed by atoms with E-state index < -0.39 is 23.3 Å². The largest absolute Gasteiger partial charge is 0.476 e. The highest BCUT2D eigenvalue weighted by atomic mass is 19.1. The molecule has 0 amide bonds. The van der Waals surface area contributed by atoms with Crippen LogP contribution in [0.15, 0.2) is 24.3 Å². The maximum absolute atomic E-state index is 17.0. The SMILES string of the molecule is C#Cc1c(F)ccc2cc(N)nc(-c3nc4c5c(cc(OC[C@@]67CCCN6C[C@H](F)C7)nc5c3F)N3[C@@H](CO)CCC[C@H]3CO4)c12. The molecule has 238 valence electrons. The van der Waals surface area contributed by atoms with Gasteiger partial charge in [0.1, 0.15) is 47.9 Å². The normalized spacial score (nSPS) is 25.6. The van der Waals surface area contributed by atoms with Crippen molar-refractivity contribution >= 4 is 33.2 Å². The summed E-state index contributed by atoms with van der Waals surface area (Å²) >= 11 is 0. The molecule has 3 saturated heterocycles. The molecular formula is C34H33F3N6O3. The van der Waals surface area contributed by atoms with Crippen LogP contribution in [0.2, 0.25) is 0 Å². The summed E-state index contributed by atoms with van der Waals surface area (Å²) in [6, 6.07) is 5.67. The Hall–Kier alpha value is -4.34. The first kappa shape index (κ1) is 29.1.